The third-order valence-electron chi connectivity index (χ3n) is 1.08. The molecule has 4 N–H and O–H groups in total. The highest BCUT2D eigenvalue weighted by Gasteiger charge is 1.97. The Balaban J connectivity index is 2.95. The molecule has 0 bridgehead atoms. The predicted molar refractivity (Wildman–Crippen MR) is 40.3 cm³/mol. The van der Waals surface area contributed by atoms with Crippen molar-refractivity contribution in [3.63, 3.8) is 0 Å². The van der Waals surface area contributed by atoms with Crippen molar-refractivity contribution >= 4 is 11.7 Å². The quantitative estimate of drug-likeness (QED) is 0.524. The van der Waals surface area contributed by atoms with Gasteiger partial charge in [-0.05, 0) is 0 Å². The average molecular weight is 153 g/mol. The third kappa shape index (κ3) is 1.82. The summed E-state index contributed by atoms with van der Waals surface area (Å²) in [6.45, 7) is 0. The second kappa shape index (κ2) is 2.87. The molecule has 5 nitrogen and oxygen atoms in total. The molecule has 0 aromatic carbocycles. The SMILES string of the molecule is NC(=O)Nc1c[nH]ccc1=O. The van der Waals surface area contributed by atoms with Crippen LogP contribution in [0.3, 0.4) is 0 Å². The van der Waals surface area contributed by atoms with Gasteiger partial charge >= 0.3 is 6.03 Å². The first kappa shape index (κ1) is 7.33. The van der Waals surface area contributed by atoms with Crippen LogP contribution in [0.25, 0.3) is 0 Å². The maximum atomic E-state index is 10.9. The van der Waals surface area contributed by atoms with Crippen LogP contribution in [0.15, 0.2) is 23.3 Å². The Kier molecular flexibility index (Phi) is 1.91. The van der Waals surface area contributed by atoms with E-state index < -0.39 is 6.03 Å². The minimum absolute atomic E-state index is 0.153. The lowest BCUT2D eigenvalue weighted by atomic mass is 10.4. The number of aromatic nitrogens is 1. The largest absolute Gasteiger partial charge is 0.366 e. The number of H-pyrrole nitrogens is 1. The minimum atomic E-state index is -0.748. The summed E-state index contributed by atoms with van der Waals surface area (Å²) in [4.78, 5) is 23.8. The highest BCUT2D eigenvalue weighted by atomic mass is 16.2. The van der Waals surface area contributed by atoms with Crippen molar-refractivity contribution in [3.05, 3.63) is 28.7 Å². The van der Waals surface area contributed by atoms with Gasteiger partial charge in [-0.3, -0.25) is 4.79 Å². The van der Waals surface area contributed by atoms with E-state index in [0.29, 0.717) is 0 Å². The van der Waals surface area contributed by atoms with Crippen LogP contribution in [-0.4, -0.2) is 11.0 Å². The molecule has 0 spiro atoms. The summed E-state index contributed by atoms with van der Waals surface area (Å²) in [5, 5.41) is 2.17. The molecule has 0 aliphatic carbocycles. The lowest BCUT2D eigenvalue weighted by molar-refractivity contribution is 0.259. The number of amides is 2. The number of primary amides is 1. The van der Waals surface area contributed by atoms with Gasteiger partial charge in [0.15, 0.2) is 0 Å². The first-order valence-electron chi connectivity index (χ1n) is 2.93. The Morgan fingerprint density at radius 2 is 2.36 bits per heavy atom. The van der Waals surface area contributed by atoms with Crippen LogP contribution in [0.5, 0.6) is 0 Å². The second-order valence-electron chi connectivity index (χ2n) is 1.91. The molecule has 1 aromatic rings. The number of urea groups is 1. The molecule has 0 aliphatic rings. The topological polar surface area (TPSA) is 88.0 Å². The van der Waals surface area contributed by atoms with E-state index in [2.05, 4.69) is 10.3 Å². The van der Waals surface area contributed by atoms with Crippen LogP contribution in [0.4, 0.5) is 10.5 Å². The van der Waals surface area contributed by atoms with Crippen LogP contribution in [-0.2, 0) is 0 Å². The average Bonchev–Trinajstić information content (AvgIpc) is 1.93. The van der Waals surface area contributed by atoms with Crippen LogP contribution in [0.1, 0.15) is 0 Å². The zero-order valence-electron chi connectivity index (χ0n) is 5.63. The van der Waals surface area contributed by atoms with Crippen molar-refractivity contribution in [2.24, 2.45) is 5.73 Å². The predicted octanol–water partition coefficient (Wildman–Crippen LogP) is -0.134. The number of nitrogens with one attached hydrogen (secondary N) is 2. The Morgan fingerprint density at radius 1 is 1.64 bits per heavy atom. The van der Waals surface area contributed by atoms with E-state index in [1.807, 2.05) is 0 Å². The highest BCUT2D eigenvalue weighted by Crippen LogP contribution is 1.92. The number of nitrogens with two attached hydrogens (primary N) is 1. The molecule has 5 heteroatoms. The normalized spacial score (nSPS) is 9.09. The van der Waals surface area contributed by atoms with Gasteiger partial charge in [-0.2, -0.15) is 0 Å². The minimum Gasteiger partial charge on any atom is -0.366 e. The molecule has 0 atom stereocenters. The number of anilines is 1. The third-order valence-corrected chi connectivity index (χ3v) is 1.08. The molecule has 11 heavy (non-hydrogen) atoms. The van der Waals surface area contributed by atoms with Gasteiger partial charge in [-0.15, -0.1) is 0 Å². The van der Waals surface area contributed by atoms with E-state index in [-0.39, 0.29) is 11.1 Å². The van der Waals surface area contributed by atoms with Crippen molar-refractivity contribution in [1.29, 1.82) is 0 Å². The monoisotopic (exact) mass is 153 g/mol. The Hall–Kier alpha value is -1.78. The molecule has 58 valence electrons. The van der Waals surface area contributed by atoms with E-state index in [1.54, 1.807) is 0 Å². The number of pyridine rings is 1. The zero-order valence-corrected chi connectivity index (χ0v) is 5.63. The molecule has 0 aliphatic heterocycles. The van der Waals surface area contributed by atoms with E-state index in [9.17, 15) is 9.59 Å². The summed E-state index contributed by atoms with van der Waals surface area (Å²) in [7, 11) is 0. The van der Waals surface area contributed by atoms with E-state index in [4.69, 9.17) is 5.73 Å². The van der Waals surface area contributed by atoms with Gasteiger partial charge in [-0.25, -0.2) is 4.79 Å². The molecule has 1 aromatic heterocycles. The molecule has 0 unspecified atom stereocenters. The summed E-state index contributed by atoms with van der Waals surface area (Å²) in [5.41, 5.74) is 4.67. The van der Waals surface area contributed by atoms with Gasteiger partial charge < -0.3 is 16.0 Å². The number of hydrogen-bond acceptors (Lipinski definition) is 2. The Bertz CT molecular complexity index is 318. The summed E-state index contributed by atoms with van der Waals surface area (Å²) in [5.74, 6) is 0. The summed E-state index contributed by atoms with van der Waals surface area (Å²) in [6, 6.07) is 0.548. The lowest BCUT2D eigenvalue weighted by Crippen LogP contribution is -2.23. The fraction of sp³-hybridized carbons (Fsp3) is 0. The molecule has 1 heterocycles. The number of carbonyl (C=O) groups is 1. The molecule has 2 amide bonds. The second-order valence-corrected chi connectivity index (χ2v) is 1.91. The summed E-state index contributed by atoms with van der Waals surface area (Å²) >= 11 is 0. The number of carbonyl (C=O) groups excluding carboxylic acids is 1. The van der Waals surface area contributed by atoms with Crippen molar-refractivity contribution in [1.82, 2.24) is 4.98 Å². The van der Waals surface area contributed by atoms with E-state index in [1.165, 1.54) is 18.5 Å². The first-order valence-corrected chi connectivity index (χ1v) is 2.93. The van der Waals surface area contributed by atoms with Crippen LogP contribution < -0.4 is 16.5 Å². The van der Waals surface area contributed by atoms with E-state index >= 15 is 0 Å². The lowest BCUT2D eigenvalue weighted by Gasteiger charge is -1.97. The summed E-state index contributed by atoms with van der Waals surface area (Å²) < 4.78 is 0. The molecular weight excluding hydrogens is 146 g/mol. The van der Waals surface area contributed by atoms with Gasteiger partial charge in [0.05, 0.1) is 0 Å². The summed E-state index contributed by atoms with van der Waals surface area (Å²) in [6.07, 6.45) is 2.83. The van der Waals surface area contributed by atoms with Crippen LogP contribution >= 0.6 is 0 Å². The van der Waals surface area contributed by atoms with Crippen LogP contribution in [0, 0.1) is 0 Å². The molecular formula is C6H7N3O2. The van der Waals surface area contributed by atoms with Gasteiger partial charge in [0.2, 0.25) is 5.43 Å². The van der Waals surface area contributed by atoms with Crippen LogP contribution in [0.2, 0.25) is 0 Å². The number of aromatic amines is 1. The first-order chi connectivity index (χ1) is 5.20. The molecule has 0 radical (unpaired) electrons. The fourth-order valence-electron chi connectivity index (χ4n) is 0.647. The smallest absolute Gasteiger partial charge is 0.316 e. The van der Waals surface area contributed by atoms with Crippen molar-refractivity contribution in [2.45, 2.75) is 0 Å². The van der Waals surface area contributed by atoms with Gasteiger partial charge in [-0.1, -0.05) is 0 Å². The van der Waals surface area contributed by atoms with Crippen molar-refractivity contribution in [2.75, 3.05) is 5.32 Å². The molecule has 0 fully saturated rings. The van der Waals surface area contributed by atoms with Crippen molar-refractivity contribution in [3.8, 4) is 0 Å². The molecule has 0 saturated heterocycles. The molecule has 1 rings (SSSR count). The number of hydrogen-bond donors (Lipinski definition) is 3. The maximum Gasteiger partial charge on any atom is 0.316 e. The Morgan fingerprint density at radius 3 is 2.91 bits per heavy atom. The standard InChI is InChI=1S/C6H7N3O2/c7-6(11)9-4-3-8-2-1-5(4)10/h1-3H,(H,8,10)(H3,7,9,11). The van der Waals surface area contributed by atoms with Gasteiger partial charge in [0.25, 0.3) is 0 Å². The Labute approximate surface area is 62.2 Å². The maximum absolute atomic E-state index is 10.9. The zero-order chi connectivity index (χ0) is 8.27. The van der Waals surface area contributed by atoms with Gasteiger partial charge in [0.1, 0.15) is 5.69 Å². The van der Waals surface area contributed by atoms with Crippen molar-refractivity contribution < 1.29 is 4.79 Å². The fourth-order valence-corrected chi connectivity index (χ4v) is 0.647. The number of rotatable bonds is 1. The molecule has 0 saturated carbocycles. The van der Waals surface area contributed by atoms with Gasteiger partial charge in [0, 0.05) is 18.5 Å². The van der Waals surface area contributed by atoms with E-state index in [0.717, 1.165) is 0 Å². The highest BCUT2D eigenvalue weighted by molar-refractivity contribution is 5.87.